The number of aromatic nitrogens is 2. The van der Waals surface area contributed by atoms with Crippen LogP contribution in [0.2, 0.25) is 0 Å². The van der Waals surface area contributed by atoms with Gasteiger partial charge in [-0.05, 0) is 81.2 Å². The molecule has 0 bridgehead atoms. The molecule has 1 radical (unpaired) electrons. The molecule has 0 saturated heterocycles. The Bertz CT molecular complexity index is 2010. The SMILES string of the molecule is CC(C)Cc1[c-]c(-c2nccc3c2ccc2c4ccccc4c(F)cc32)cc(CC(C)C)c1.[Ir].[c-]1ccccc1-c1ccccn1. The summed E-state index contributed by atoms with van der Waals surface area (Å²) in [6, 6.07) is 40.6. The molecular formula is C42H37FIrN2-2. The molecular weight excluding hydrogens is 744 g/mol. The van der Waals surface area contributed by atoms with Crippen LogP contribution in [0.15, 0.2) is 116 Å². The number of hydrogen-bond donors (Lipinski definition) is 0. The third kappa shape index (κ3) is 7.41. The molecule has 2 nitrogen and oxygen atoms in total. The zero-order valence-corrected chi connectivity index (χ0v) is 29.0. The Hall–Kier alpha value is -4.24. The fourth-order valence-corrected chi connectivity index (χ4v) is 6.05. The topological polar surface area (TPSA) is 25.8 Å². The number of halogens is 1. The molecule has 4 heteroatoms. The van der Waals surface area contributed by atoms with Crippen molar-refractivity contribution < 1.29 is 24.5 Å². The number of fused-ring (bicyclic) bond motifs is 5. The van der Waals surface area contributed by atoms with Gasteiger partial charge in [-0.3, -0.25) is 0 Å². The van der Waals surface area contributed by atoms with Gasteiger partial charge < -0.3 is 9.97 Å². The van der Waals surface area contributed by atoms with Gasteiger partial charge in [0.05, 0.1) is 0 Å². The first-order valence-corrected chi connectivity index (χ1v) is 15.7. The Kier molecular flexibility index (Phi) is 10.7. The van der Waals surface area contributed by atoms with Crippen molar-refractivity contribution in [2.45, 2.75) is 40.5 Å². The van der Waals surface area contributed by atoms with Crippen LogP contribution in [0.1, 0.15) is 38.8 Å². The van der Waals surface area contributed by atoms with Crippen molar-refractivity contribution in [1.82, 2.24) is 9.97 Å². The zero-order valence-electron chi connectivity index (χ0n) is 26.6. The number of pyridine rings is 2. The molecule has 0 atom stereocenters. The van der Waals surface area contributed by atoms with Gasteiger partial charge in [-0.25, -0.2) is 4.39 Å². The van der Waals surface area contributed by atoms with E-state index in [1.165, 1.54) is 11.1 Å². The maximum Gasteiger partial charge on any atom is 0.131 e. The minimum absolute atomic E-state index is 0. The molecule has 7 rings (SSSR count). The predicted molar refractivity (Wildman–Crippen MR) is 187 cm³/mol. The van der Waals surface area contributed by atoms with Crippen LogP contribution in [0.3, 0.4) is 0 Å². The van der Waals surface area contributed by atoms with Gasteiger partial charge in [-0.15, -0.1) is 70.8 Å². The molecule has 233 valence electrons. The fourth-order valence-electron chi connectivity index (χ4n) is 6.05. The Balaban J connectivity index is 0.000000269. The van der Waals surface area contributed by atoms with Crippen molar-refractivity contribution in [3.63, 3.8) is 0 Å². The maximum atomic E-state index is 15.0. The standard InChI is InChI=1S/C31H29FN.C11H8N.Ir/c1-19(2)13-21-15-22(14-20(3)4)17-23(16-21)31-28-10-9-25-24-7-5-6-8-27(24)30(32)18-29(25)26(28)11-12-33-31;1-2-6-10(7-3-1)11-8-4-5-9-12-11;/h5-12,15-16,18-20H,13-14H2,1-4H3;1-6,8-9H;/q2*-1;. The molecule has 0 N–H and O–H groups in total. The Morgan fingerprint density at radius 1 is 0.609 bits per heavy atom. The Morgan fingerprint density at radius 3 is 2.02 bits per heavy atom. The summed E-state index contributed by atoms with van der Waals surface area (Å²) in [5.74, 6) is 0.950. The molecule has 7 aromatic rings. The van der Waals surface area contributed by atoms with Crippen molar-refractivity contribution in [3.05, 3.63) is 145 Å². The Morgan fingerprint density at radius 2 is 1.30 bits per heavy atom. The van der Waals surface area contributed by atoms with Gasteiger partial charge in [0.25, 0.3) is 0 Å². The molecule has 0 aliphatic heterocycles. The third-order valence-corrected chi connectivity index (χ3v) is 7.89. The summed E-state index contributed by atoms with van der Waals surface area (Å²) in [5, 5.41) is 5.65. The van der Waals surface area contributed by atoms with Gasteiger partial charge in [0.15, 0.2) is 0 Å². The largest absolute Gasteiger partial charge is 0.305 e. The predicted octanol–water partition coefficient (Wildman–Crippen LogP) is 11.1. The van der Waals surface area contributed by atoms with Crippen LogP contribution in [0.25, 0.3) is 54.8 Å². The number of rotatable bonds is 6. The van der Waals surface area contributed by atoms with Crippen molar-refractivity contribution in [3.8, 4) is 22.5 Å². The summed E-state index contributed by atoms with van der Waals surface area (Å²) < 4.78 is 15.0. The molecule has 0 fully saturated rings. The summed E-state index contributed by atoms with van der Waals surface area (Å²) in [4.78, 5) is 9.00. The van der Waals surface area contributed by atoms with Crippen LogP contribution in [0.5, 0.6) is 0 Å². The van der Waals surface area contributed by atoms with E-state index in [1.807, 2.05) is 79.0 Å². The second-order valence-corrected chi connectivity index (χ2v) is 12.4. The molecule has 0 spiro atoms. The second-order valence-electron chi connectivity index (χ2n) is 12.4. The minimum atomic E-state index is -0.186. The van der Waals surface area contributed by atoms with E-state index < -0.39 is 0 Å². The summed E-state index contributed by atoms with van der Waals surface area (Å²) in [6.45, 7) is 8.98. The number of benzene rings is 5. The smallest absolute Gasteiger partial charge is 0.131 e. The molecule has 0 unspecified atom stereocenters. The summed E-state index contributed by atoms with van der Waals surface area (Å²) in [5.41, 5.74) is 6.51. The van der Waals surface area contributed by atoms with Crippen LogP contribution in [-0.4, -0.2) is 9.97 Å². The molecule has 2 aromatic heterocycles. The monoisotopic (exact) mass is 781 g/mol. The van der Waals surface area contributed by atoms with E-state index in [9.17, 15) is 4.39 Å². The van der Waals surface area contributed by atoms with E-state index >= 15 is 0 Å². The van der Waals surface area contributed by atoms with Crippen molar-refractivity contribution in [2.75, 3.05) is 0 Å². The molecule has 0 amide bonds. The number of hydrogen-bond acceptors (Lipinski definition) is 2. The van der Waals surface area contributed by atoms with Gasteiger partial charge in [-0.1, -0.05) is 76.2 Å². The van der Waals surface area contributed by atoms with Gasteiger partial charge >= 0.3 is 0 Å². The van der Waals surface area contributed by atoms with Crippen molar-refractivity contribution in [2.24, 2.45) is 11.8 Å². The van der Waals surface area contributed by atoms with E-state index in [0.29, 0.717) is 17.2 Å². The van der Waals surface area contributed by atoms with Gasteiger partial charge in [0.2, 0.25) is 0 Å². The zero-order chi connectivity index (χ0) is 31.3. The quantitative estimate of drug-likeness (QED) is 0.124. The van der Waals surface area contributed by atoms with E-state index in [1.54, 1.807) is 12.3 Å². The van der Waals surface area contributed by atoms with Crippen molar-refractivity contribution >= 4 is 32.3 Å². The first-order chi connectivity index (χ1) is 21.9. The van der Waals surface area contributed by atoms with Crippen LogP contribution >= 0.6 is 0 Å². The molecule has 0 saturated carbocycles. The second kappa shape index (κ2) is 14.9. The molecule has 46 heavy (non-hydrogen) atoms. The normalized spacial score (nSPS) is 11.1. The van der Waals surface area contributed by atoms with Crippen LogP contribution in [0, 0.1) is 29.8 Å². The van der Waals surface area contributed by atoms with E-state index in [-0.39, 0.29) is 25.9 Å². The third-order valence-electron chi connectivity index (χ3n) is 7.89. The van der Waals surface area contributed by atoms with Crippen LogP contribution in [-0.2, 0) is 32.9 Å². The average molecular weight is 781 g/mol. The minimum Gasteiger partial charge on any atom is -0.305 e. The molecule has 2 heterocycles. The number of nitrogens with zero attached hydrogens (tertiary/aromatic N) is 2. The molecule has 0 aliphatic carbocycles. The van der Waals surface area contributed by atoms with E-state index in [2.05, 4.69) is 69.1 Å². The van der Waals surface area contributed by atoms with Crippen LogP contribution in [0.4, 0.5) is 4.39 Å². The molecule has 0 aliphatic rings. The summed E-state index contributed by atoms with van der Waals surface area (Å²) in [6.07, 6.45) is 5.65. The summed E-state index contributed by atoms with van der Waals surface area (Å²) >= 11 is 0. The first-order valence-electron chi connectivity index (χ1n) is 15.7. The molecule has 5 aromatic carbocycles. The van der Waals surface area contributed by atoms with Crippen molar-refractivity contribution in [1.29, 1.82) is 0 Å². The average Bonchev–Trinajstić information content (AvgIpc) is 3.05. The summed E-state index contributed by atoms with van der Waals surface area (Å²) in [7, 11) is 0. The van der Waals surface area contributed by atoms with Gasteiger partial charge in [-0.2, -0.15) is 0 Å². The van der Waals surface area contributed by atoms with E-state index in [4.69, 9.17) is 4.98 Å². The van der Waals surface area contributed by atoms with Gasteiger partial charge in [0.1, 0.15) is 5.82 Å². The maximum absolute atomic E-state index is 15.0. The van der Waals surface area contributed by atoms with Crippen LogP contribution < -0.4 is 0 Å². The first kappa shape index (κ1) is 33.1. The Labute approximate surface area is 285 Å². The fraction of sp³-hybridized carbons (Fsp3) is 0.190. The van der Waals surface area contributed by atoms with E-state index in [0.717, 1.165) is 62.3 Å². The van der Waals surface area contributed by atoms with Gasteiger partial charge in [0, 0.05) is 37.9 Å².